The lowest BCUT2D eigenvalue weighted by molar-refractivity contribution is -0.274. The molecule has 0 N–H and O–H groups in total. The molecule has 0 bridgehead atoms. The molecule has 1 aromatic carbocycles. The molecule has 0 amide bonds. The highest BCUT2D eigenvalue weighted by Crippen LogP contribution is 2.25. The SMILES string of the molecule is CCCN=S(=O)(Cl)c1ccc(OC(F)(F)F)cc1. The van der Waals surface area contributed by atoms with Gasteiger partial charge in [-0.05, 0) is 30.7 Å². The lowest BCUT2D eigenvalue weighted by atomic mass is 10.3. The molecule has 0 spiro atoms. The number of benzene rings is 1. The molecular weight excluding hydrogens is 291 g/mol. The third-order valence-corrected chi connectivity index (χ3v) is 4.02. The van der Waals surface area contributed by atoms with Gasteiger partial charge >= 0.3 is 6.36 Å². The number of nitrogens with zero attached hydrogens (tertiary/aromatic N) is 1. The maximum atomic E-state index is 11.9. The van der Waals surface area contributed by atoms with Gasteiger partial charge < -0.3 is 4.74 Å². The Morgan fingerprint density at radius 3 is 2.33 bits per heavy atom. The molecule has 8 heteroatoms. The summed E-state index contributed by atoms with van der Waals surface area (Å²) in [7, 11) is 2.65. The maximum absolute atomic E-state index is 11.9. The maximum Gasteiger partial charge on any atom is 0.573 e. The highest BCUT2D eigenvalue weighted by atomic mass is 35.7. The zero-order valence-electron chi connectivity index (χ0n) is 9.41. The van der Waals surface area contributed by atoms with E-state index in [0.717, 1.165) is 12.1 Å². The Bertz CT molecular complexity index is 507. The Labute approximate surface area is 108 Å². The molecule has 0 saturated heterocycles. The van der Waals surface area contributed by atoms with Crippen molar-refractivity contribution in [1.82, 2.24) is 0 Å². The summed E-state index contributed by atoms with van der Waals surface area (Å²) in [4.78, 5) is 0.159. The molecule has 3 nitrogen and oxygen atoms in total. The van der Waals surface area contributed by atoms with Crippen molar-refractivity contribution < 1.29 is 22.1 Å². The molecule has 1 aromatic rings. The Balaban J connectivity index is 2.93. The van der Waals surface area contributed by atoms with Gasteiger partial charge in [0, 0.05) is 17.2 Å². The molecule has 0 aliphatic rings. The highest BCUT2D eigenvalue weighted by molar-refractivity contribution is 8.15. The van der Waals surface area contributed by atoms with Crippen LogP contribution in [0.1, 0.15) is 13.3 Å². The molecule has 0 aromatic heterocycles. The number of hydrogen-bond acceptors (Lipinski definition) is 3. The average Bonchev–Trinajstić information content (AvgIpc) is 2.25. The fourth-order valence-corrected chi connectivity index (χ4v) is 2.65. The summed E-state index contributed by atoms with van der Waals surface area (Å²) in [6, 6.07) is 4.50. The lowest BCUT2D eigenvalue weighted by Gasteiger charge is -2.09. The number of alkyl halides is 3. The van der Waals surface area contributed by atoms with Crippen LogP contribution in [0.15, 0.2) is 33.5 Å². The van der Waals surface area contributed by atoms with Crippen LogP contribution < -0.4 is 4.74 Å². The first-order chi connectivity index (χ1) is 8.24. The number of ether oxygens (including phenoxy) is 1. The molecule has 1 atom stereocenters. The molecule has 0 fully saturated rings. The van der Waals surface area contributed by atoms with E-state index in [1.807, 2.05) is 6.92 Å². The van der Waals surface area contributed by atoms with E-state index in [4.69, 9.17) is 10.7 Å². The van der Waals surface area contributed by atoms with Gasteiger partial charge in [0.2, 0.25) is 0 Å². The van der Waals surface area contributed by atoms with Gasteiger partial charge in [-0.2, -0.15) is 0 Å². The second kappa shape index (κ2) is 5.79. The van der Waals surface area contributed by atoms with Crippen molar-refractivity contribution in [3.63, 3.8) is 0 Å². The van der Waals surface area contributed by atoms with Crippen LogP contribution in [0.4, 0.5) is 13.2 Å². The zero-order valence-corrected chi connectivity index (χ0v) is 11.0. The van der Waals surface area contributed by atoms with Crippen molar-refractivity contribution in [1.29, 1.82) is 0 Å². The number of rotatable bonds is 4. The molecule has 0 heterocycles. The van der Waals surface area contributed by atoms with E-state index in [1.165, 1.54) is 12.1 Å². The smallest absolute Gasteiger partial charge is 0.406 e. The van der Waals surface area contributed by atoms with Crippen LogP contribution in [-0.2, 0) is 8.94 Å². The number of hydrogen-bond donors (Lipinski definition) is 0. The first-order valence-electron chi connectivity index (χ1n) is 5.03. The van der Waals surface area contributed by atoms with E-state index in [2.05, 4.69) is 9.10 Å². The van der Waals surface area contributed by atoms with Gasteiger partial charge in [-0.15, -0.1) is 13.2 Å². The van der Waals surface area contributed by atoms with Crippen LogP contribution in [-0.4, -0.2) is 17.1 Å². The minimum absolute atomic E-state index is 0.159. The zero-order chi connectivity index (χ0) is 13.8. The third-order valence-electron chi connectivity index (χ3n) is 1.83. The lowest BCUT2D eigenvalue weighted by Crippen LogP contribution is -2.17. The molecule has 1 unspecified atom stereocenters. The Morgan fingerprint density at radius 2 is 1.89 bits per heavy atom. The summed E-state index contributed by atoms with van der Waals surface area (Å²) in [5.74, 6) is -0.395. The largest absolute Gasteiger partial charge is 0.573 e. The van der Waals surface area contributed by atoms with E-state index < -0.39 is 21.1 Å². The van der Waals surface area contributed by atoms with Gasteiger partial charge in [0.25, 0.3) is 0 Å². The van der Waals surface area contributed by atoms with Gasteiger partial charge in [-0.3, -0.25) is 0 Å². The first-order valence-corrected chi connectivity index (χ1v) is 7.37. The van der Waals surface area contributed by atoms with Crippen LogP contribution in [0.25, 0.3) is 0 Å². The summed E-state index contributed by atoms with van der Waals surface area (Å²) >= 11 is 0. The summed E-state index contributed by atoms with van der Waals surface area (Å²) in [5.41, 5.74) is 0. The van der Waals surface area contributed by atoms with Crippen LogP contribution in [0.2, 0.25) is 0 Å². The second-order valence-electron chi connectivity index (χ2n) is 3.33. The number of halogens is 4. The minimum atomic E-state index is -4.75. The topological polar surface area (TPSA) is 38.7 Å². The quantitative estimate of drug-likeness (QED) is 0.789. The Hall–Kier alpha value is -0.950. The molecule has 0 aliphatic carbocycles. The summed E-state index contributed by atoms with van der Waals surface area (Å²) in [6.45, 7) is 2.17. The molecule has 0 aliphatic heterocycles. The molecule has 0 saturated carbocycles. The molecule has 1 rings (SSSR count). The Kier molecular flexibility index (Phi) is 4.86. The minimum Gasteiger partial charge on any atom is -0.406 e. The first kappa shape index (κ1) is 15.1. The van der Waals surface area contributed by atoms with Gasteiger partial charge in [0.05, 0.1) is 4.90 Å². The van der Waals surface area contributed by atoms with Gasteiger partial charge in [0.15, 0.2) is 8.94 Å². The highest BCUT2D eigenvalue weighted by Gasteiger charge is 2.31. The standard InChI is InChI=1S/C10H11ClF3NO2S/c1-2-7-15-18(11,16)9-5-3-8(4-6-9)17-10(12,13)14/h3-6H,2,7H2,1H3. The predicted octanol–water partition coefficient (Wildman–Crippen LogP) is 3.98. The van der Waals surface area contributed by atoms with Crippen LogP contribution in [0, 0.1) is 0 Å². The van der Waals surface area contributed by atoms with E-state index in [-0.39, 0.29) is 4.90 Å². The molecule has 0 radical (unpaired) electrons. The average molecular weight is 302 g/mol. The van der Waals surface area contributed by atoms with Crippen LogP contribution in [0.3, 0.4) is 0 Å². The van der Waals surface area contributed by atoms with Crippen molar-refractivity contribution >= 4 is 19.6 Å². The van der Waals surface area contributed by atoms with Crippen molar-refractivity contribution in [2.24, 2.45) is 4.36 Å². The second-order valence-corrected chi connectivity index (χ2v) is 6.23. The van der Waals surface area contributed by atoms with Crippen LogP contribution >= 0.6 is 10.7 Å². The van der Waals surface area contributed by atoms with E-state index in [0.29, 0.717) is 13.0 Å². The van der Waals surface area contributed by atoms with E-state index in [1.54, 1.807) is 0 Å². The van der Waals surface area contributed by atoms with Crippen LogP contribution in [0.5, 0.6) is 5.75 Å². The summed E-state index contributed by atoms with van der Waals surface area (Å²) in [5, 5.41) is 0. The summed E-state index contributed by atoms with van der Waals surface area (Å²) in [6.07, 6.45) is -4.07. The van der Waals surface area contributed by atoms with Crippen molar-refractivity contribution in [3.8, 4) is 5.75 Å². The van der Waals surface area contributed by atoms with Gasteiger partial charge in [-0.25, -0.2) is 8.57 Å². The molecular formula is C10H11ClF3NO2S. The van der Waals surface area contributed by atoms with Gasteiger partial charge in [0.1, 0.15) is 5.75 Å². The monoisotopic (exact) mass is 301 g/mol. The molecule has 18 heavy (non-hydrogen) atoms. The summed E-state index contributed by atoms with van der Waals surface area (Å²) < 4.78 is 55.1. The Morgan fingerprint density at radius 1 is 1.33 bits per heavy atom. The van der Waals surface area contributed by atoms with Crippen molar-refractivity contribution in [2.75, 3.05) is 6.54 Å². The fourth-order valence-electron chi connectivity index (χ4n) is 1.09. The van der Waals surface area contributed by atoms with Crippen molar-refractivity contribution in [2.45, 2.75) is 24.6 Å². The third kappa shape index (κ3) is 4.73. The predicted molar refractivity (Wildman–Crippen MR) is 63.0 cm³/mol. The van der Waals surface area contributed by atoms with Crippen molar-refractivity contribution in [3.05, 3.63) is 24.3 Å². The fraction of sp³-hybridized carbons (Fsp3) is 0.400. The van der Waals surface area contributed by atoms with E-state index in [9.17, 15) is 17.4 Å². The molecule has 102 valence electrons. The normalized spacial score (nSPS) is 14.9. The van der Waals surface area contributed by atoms with Gasteiger partial charge in [-0.1, -0.05) is 6.92 Å². The van der Waals surface area contributed by atoms with E-state index >= 15 is 0 Å².